The second kappa shape index (κ2) is 7.80. The summed E-state index contributed by atoms with van der Waals surface area (Å²) in [7, 11) is 0. The Morgan fingerprint density at radius 3 is 2.52 bits per heavy atom. The van der Waals surface area contributed by atoms with Gasteiger partial charge in [0.05, 0.1) is 18.4 Å². The van der Waals surface area contributed by atoms with E-state index in [9.17, 15) is 19.2 Å². The summed E-state index contributed by atoms with van der Waals surface area (Å²) in [6.45, 7) is 10.4. The largest absolute Gasteiger partial charge is 0.462 e. The van der Waals surface area contributed by atoms with Gasteiger partial charge in [0.15, 0.2) is 0 Å². The Morgan fingerprint density at radius 2 is 1.90 bits per heavy atom. The molecule has 0 N–H and O–H groups in total. The third kappa shape index (κ3) is 4.31. The molecule has 2 bridgehead atoms. The first-order valence-corrected chi connectivity index (χ1v) is 9.95. The minimum Gasteiger partial charge on any atom is -0.462 e. The van der Waals surface area contributed by atoms with Crippen molar-refractivity contribution in [2.45, 2.75) is 64.8 Å². The van der Waals surface area contributed by atoms with E-state index in [-0.39, 0.29) is 24.9 Å². The second-order valence-corrected chi connectivity index (χ2v) is 9.02. The highest BCUT2D eigenvalue weighted by Crippen LogP contribution is 2.59. The Morgan fingerprint density at radius 1 is 1.21 bits per heavy atom. The van der Waals surface area contributed by atoms with Gasteiger partial charge >= 0.3 is 23.9 Å². The van der Waals surface area contributed by atoms with Gasteiger partial charge in [-0.2, -0.15) is 0 Å². The van der Waals surface area contributed by atoms with E-state index in [1.165, 1.54) is 0 Å². The lowest BCUT2D eigenvalue weighted by molar-refractivity contribution is -0.171. The van der Waals surface area contributed by atoms with Crippen LogP contribution < -0.4 is 0 Å². The molecule has 3 aliphatic rings. The summed E-state index contributed by atoms with van der Waals surface area (Å²) in [5, 5.41) is 0. The summed E-state index contributed by atoms with van der Waals surface area (Å²) in [5.41, 5.74) is -0.380. The van der Waals surface area contributed by atoms with E-state index in [4.69, 9.17) is 18.9 Å². The van der Waals surface area contributed by atoms with Gasteiger partial charge in [-0.3, -0.25) is 14.4 Å². The molecule has 0 amide bonds. The maximum atomic E-state index is 12.7. The molecule has 2 saturated carbocycles. The van der Waals surface area contributed by atoms with Gasteiger partial charge in [-0.05, 0) is 40.5 Å². The van der Waals surface area contributed by atoms with Crippen LogP contribution >= 0.6 is 0 Å². The lowest BCUT2D eigenvalue weighted by Gasteiger charge is -2.32. The number of carbonyl (C=O) groups is 4. The van der Waals surface area contributed by atoms with E-state index >= 15 is 0 Å². The number of esters is 4. The van der Waals surface area contributed by atoms with Crippen molar-refractivity contribution in [3.05, 3.63) is 12.2 Å². The van der Waals surface area contributed by atoms with Crippen LogP contribution in [0.15, 0.2) is 12.2 Å². The maximum Gasteiger partial charge on any atom is 0.333 e. The Balaban J connectivity index is 1.58. The Kier molecular flexibility index (Phi) is 5.74. The van der Waals surface area contributed by atoms with Crippen LogP contribution in [0.4, 0.5) is 0 Å². The minimum atomic E-state index is -0.672. The van der Waals surface area contributed by atoms with E-state index in [0.29, 0.717) is 18.4 Å². The van der Waals surface area contributed by atoms with Gasteiger partial charge in [-0.1, -0.05) is 6.58 Å². The summed E-state index contributed by atoms with van der Waals surface area (Å²) in [5.74, 6) is -3.42. The normalized spacial score (nSPS) is 31.9. The van der Waals surface area contributed by atoms with Gasteiger partial charge in [-0.25, -0.2) is 4.79 Å². The molecule has 8 nitrogen and oxygen atoms in total. The van der Waals surface area contributed by atoms with Crippen LogP contribution in [0, 0.1) is 23.7 Å². The molecular formula is C21H28O8. The van der Waals surface area contributed by atoms with Crippen LogP contribution in [0.2, 0.25) is 0 Å². The summed E-state index contributed by atoms with van der Waals surface area (Å²) in [4.78, 5) is 48.6. The summed E-state index contributed by atoms with van der Waals surface area (Å²) in [6, 6.07) is 0. The average molecular weight is 408 g/mol. The molecule has 1 saturated heterocycles. The van der Waals surface area contributed by atoms with E-state index < -0.39 is 53.5 Å². The Labute approximate surface area is 169 Å². The van der Waals surface area contributed by atoms with Crippen molar-refractivity contribution in [2.75, 3.05) is 6.61 Å². The highest BCUT2D eigenvalue weighted by atomic mass is 16.6. The van der Waals surface area contributed by atoms with Crippen molar-refractivity contribution in [3.63, 3.8) is 0 Å². The highest BCUT2D eigenvalue weighted by Gasteiger charge is 2.70. The SMILES string of the molecule is C=C(C)C(=O)OCCCC(=O)OC1C2CC3C1OC(=O)C3C2C(=O)OC(C)(C)C. The molecule has 6 atom stereocenters. The fourth-order valence-electron chi connectivity index (χ4n) is 4.55. The third-order valence-electron chi connectivity index (χ3n) is 5.60. The predicted molar refractivity (Wildman–Crippen MR) is 99.2 cm³/mol. The van der Waals surface area contributed by atoms with Gasteiger partial charge in [0.2, 0.25) is 0 Å². The van der Waals surface area contributed by atoms with Crippen LogP contribution in [0.1, 0.15) is 47.0 Å². The number of hydrogen-bond acceptors (Lipinski definition) is 8. The molecule has 2 aliphatic carbocycles. The molecule has 1 heterocycles. The second-order valence-electron chi connectivity index (χ2n) is 9.02. The monoisotopic (exact) mass is 408 g/mol. The lowest BCUT2D eigenvalue weighted by atomic mass is 9.78. The third-order valence-corrected chi connectivity index (χ3v) is 5.60. The van der Waals surface area contributed by atoms with Crippen LogP contribution in [0.3, 0.4) is 0 Å². The molecule has 3 fully saturated rings. The summed E-state index contributed by atoms with van der Waals surface area (Å²) < 4.78 is 21.5. The van der Waals surface area contributed by atoms with Crippen molar-refractivity contribution < 1.29 is 38.1 Å². The molecule has 8 heteroatoms. The predicted octanol–water partition coefficient (Wildman–Crippen LogP) is 1.95. The summed E-state index contributed by atoms with van der Waals surface area (Å²) in [6.07, 6.45) is -0.189. The number of fused-ring (bicyclic) bond motifs is 1. The number of rotatable bonds is 7. The molecule has 6 unspecified atom stereocenters. The number of ether oxygens (including phenoxy) is 4. The fourth-order valence-corrected chi connectivity index (χ4v) is 4.55. The first-order chi connectivity index (χ1) is 13.5. The molecule has 0 aromatic heterocycles. The lowest BCUT2D eigenvalue weighted by Crippen LogP contribution is -2.45. The Hall–Kier alpha value is -2.38. The molecule has 1 aliphatic heterocycles. The van der Waals surface area contributed by atoms with Gasteiger partial charge in [0.25, 0.3) is 0 Å². The van der Waals surface area contributed by atoms with E-state index in [2.05, 4.69) is 6.58 Å². The zero-order chi connectivity index (χ0) is 21.5. The van der Waals surface area contributed by atoms with Gasteiger partial charge < -0.3 is 18.9 Å². The van der Waals surface area contributed by atoms with Crippen molar-refractivity contribution in [3.8, 4) is 0 Å². The van der Waals surface area contributed by atoms with Crippen molar-refractivity contribution in [1.29, 1.82) is 0 Å². The zero-order valence-electron chi connectivity index (χ0n) is 17.3. The van der Waals surface area contributed by atoms with Gasteiger partial charge in [0, 0.05) is 23.8 Å². The van der Waals surface area contributed by atoms with Crippen LogP contribution in [-0.4, -0.2) is 48.3 Å². The topological polar surface area (TPSA) is 105 Å². The molecule has 0 aromatic rings. The molecule has 0 spiro atoms. The molecule has 160 valence electrons. The first-order valence-electron chi connectivity index (χ1n) is 9.95. The molecule has 3 rings (SSSR count). The molecule has 29 heavy (non-hydrogen) atoms. The fraction of sp³-hybridized carbons (Fsp3) is 0.714. The quantitative estimate of drug-likeness (QED) is 0.272. The van der Waals surface area contributed by atoms with Crippen molar-refractivity contribution in [2.24, 2.45) is 23.7 Å². The molecule has 0 radical (unpaired) electrons. The van der Waals surface area contributed by atoms with Crippen LogP contribution in [0.5, 0.6) is 0 Å². The molecular weight excluding hydrogens is 380 g/mol. The maximum absolute atomic E-state index is 12.7. The van der Waals surface area contributed by atoms with E-state index in [1.54, 1.807) is 27.7 Å². The van der Waals surface area contributed by atoms with E-state index in [0.717, 1.165) is 0 Å². The Bertz CT molecular complexity index is 733. The van der Waals surface area contributed by atoms with Crippen molar-refractivity contribution >= 4 is 23.9 Å². The average Bonchev–Trinajstić information content (AvgIpc) is 3.20. The van der Waals surface area contributed by atoms with Gasteiger partial charge in [-0.15, -0.1) is 0 Å². The standard InChI is InChI=1S/C21H28O8/c1-10(2)18(23)26-8-6-7-13(22)27-16-12-9-11-14(19(24)28-17(11)16)15(12)20(25)29-21(3,4)5/h11-12,14-17H,1,6-9H2,2-5H3. The highest BCUT2D eigenvalue weighted by molar-refractivity contribution is 5.87. The first kappa shape index (κ1) is 21.3. The smallest absolute Gasteiger partial charge is 0.333 e. The number of carbonyl (C=O) groups excluding carboxylic acids is 4. The van der Waals surface area contributed by atoms with Gasteiger partial charge in [0.1, 0.15) is 17.8 Å². The van der Waals surface area contributed by atoms with Crippen LogP contribution in [-0.2, 0) is 38.1 Å². The minimum absolute atomic E-state index is 0.0541. The van der Waals surface area contributed by atoms with Crippen molar-refractivity contribution in [1.82, 2.24) is 0 Å². The van der Waals surface area contributed by atoms with E-state index in [1.807, 2.05) is 0 Å². The summed E-state index contributed by atoms with van der Waals surface area (Å²) >= 11 is 0. The molecule has 0 aromatic carbocycles. The zero-order valence-corrected chi connectivity index (χ0v) is 17.3. The number of hydrogen-bond donors (Lipinski definition) is 0. The van der Waals surface area contributed by atoms with Crippen LogP contribution in [0.25, 0.3) is 0 Å².